The van der Waals surface area contributed by atoms with Crippen LogP contribution in [0.2, 0.25) is 0 Å². The van der Waals surface area contributed by atoms with Crippen molar-refractivity contribution in [1.82, 2.24) is 20.0 Å². The van der Waals surface area contributed by atoms with Crippen LogP contribution < -0.4 is 5.32 Å². The van der Waals surface area contributed by atoms with Crippen LogP contribution >= 0.6 is 0 Å². The van der Waals surface area contributed by atoms with E-state index in [0.717, 1.165) is 19.5 Å². The average Bonchev–Trinajstić information content (AvgIpc) is 2.67. The van der Waals surface area contributed by atoms with Gasteiger partial charge in [0, 0.05) is 50.5 Å². The summed E-state index contributed by atoms with van der Waals surface area (Å²) in [7, 11) is 4.13. The van der Waals surface area contributed by atoms with Gasteiger partial charge in [-0.25, -0.2) is 0 Å². The van der Waals surface area contributed by atoms with Crippen LogP contribution in [0.4, 0.5) is 0 Å². The average molecular weight is 439 g/mol. The van der Waals surface area contributed by atoms with Crippen molar-refractivity contribution in [2.24, 2.45) is 11.3 Å². The standard InChI is InChI=1S/C23H42N4O4/c1-17(2)11-19-21(29)26(10-8-24-19)13-20(28)27-9-7-23(12-18(27)3)30-15-22(4,16-31-23)14-25(5)6/h17-19,24H,7-16H2,1-6H3. The van der Waals surface area contributed by atoms with Crippen molar-refractivity contribution in [3.63, 3.8) is 0 Å². The lowest BCUT2D eigenvalue weighted by atomic mass is 9.88. The van der Waals surface area contributed by atoms with Crippen molar-refractivity contribution in [3.05, 3.63) is 0 Å². The summed E-state index contributed by atoms with van der Waals surface area (Å²) in [6, 6.07) is -0.159. The first-order valence-electron chi connectivity index (χ1n) is 11.8. The molecule has 0 aromatic rings. The third kappa shape index (κ3) is 5.97. The predicted octanol–water partition coefficient (Wildman–Crippen LogP) is 1.15. The number of carbonyl (C=O) groups excluding carboxylic acids is 2. The molecule has 3 aliphatic heterocycles. The number of piperazine rings is 1. The first kappa shape index (κ1) is 24.4. The van der Waals surface area contributed by atoms with Gasteiger partial charge in [0.25, 0.3) is 0 Å². The fourth-order valence-corrected chi connectivity index (χ4v) is 5.21. The number of hydrogen-bond acceptors (Lipinski definition) is 6. The van der Waals surface area contributed by atoms with E-state index in [1.807, 2.05) is 4.90 Å². The summed E-state index contributed by atoms with van der Waals surface area (Å²) in [5.41, 5.74) is -0.0138. The number of piperidine rings is 1. The van der Waals surface area contributed by atoms with Crippen LogP contribution in [0.15, 0.2) is 0 Å². The van der Waals surface area contributed by atoms with Crippen LogP contribution in [-0.4, -0.2) is 104 Å². The van der Waals surface area contributed by atoms with Gasteiger partial charge in [0.2, 0.25) is 11.8 Å². The summed E-state index contributed by atoms with van der Waals surface area (Å²) in [5, 5.41) is 3.30. The fraction of sp³-hybridized carbons (Fsp3) is 0.913. The minimum absolute atomic E-state index is 0.0138. The largest absolute Gasteiger partial charge is 0.349 e. The summed E-state index contributed by atoms with van der Waals surface area (Å²) in [6.07, 6.45) is 2.14. The Bertz CT molecular complexity index is 645. The summed E-state index contributed by atoms with van der Waals surface area (Å²) in [6.45, 7) is 12.8. The van der Waals surface area contributed by atoms with Gasteiger partial charge in [-0.05, 0) is 33.4 Å². The van der Waals surface area contributed by atoms with Gasteiger partial charge in [0.15, 0.2) is 5.79 Å². The van der Waals surface area contributed by atoms with Gasteiger partial charge >= 0.3 is 0 Å². The van der Waals surface area contributed by atoms with Crippen molar-refractivity contribution < 1.29 is 19.1 Å². The summed E-state index contributed by atoms with van der Waals surface area (Å²) in [5.74, 6) is -0.0805. The van der Waals surface area contributed by atoms with Gasteiger partial charge < -0.3 is 29.5 Å². The zero-order valence-corrected chi connectivity index (χ0v) is 20.3. The van der Waals surface area contributed by atoms with Crippen molar-refractivity contribution in [2.45, 2.75) is 64.8 Å². The third-order valence-electron chi connectivity index (χ3n) is 6.67. The van der Waals surface area contributed by atoms with Gasteiger partial charge in [0.05, 0.1) is 25.8 Å². The maximum absolute atomic E-state index is 13.1. The molecule has 0 radical (unpaired) electrons. The molecule has 2 amide bonds. The van der Waals surface area contributed by atoms with Gasteiger partial charge in [-0.15, -0.1) is 0 Å². The Morgan fingerprint density at radius 3 is 2.52 bits per heavy atom. The first-order valence-corrected chi connectivity index (χ1v) is 11.8. The zero-order valence-electron chi connectivity index (χ0n) is 20.3. The summed E-state index contributed by atoms with van der Waals surface area (Å²) in [4.78, 5) is 31.7. The SMILES string of the molecule is CC(C)CC1NCCN(CC(=O)N2CCC3(CC2C)OCC(C)(CN(C)C)CO3)C1=O. The molecule has 3 rings (SSSR count). The Labute approximate surface area is 187 Å². The van der Waals surface area contributed by atoms with Crippen LogP contribution in [0, 0.1) is 11.3 Å². The molecule has 0 aliphatic carbocycles. The highest BCUT2D eigenvalue weighted by Crippen LogP contribution is 2.38. The molecule has 1 N–H and O–H groups in total. The van der Waals surface area contributed by atoms with Crippen LogP contribution in [0.3, 0.4) is 0 Å². The van der Waals surface area contributed by atoms with Gasteiger partial charge in [-0.2, -0.15) is 0 Å². The van der Waals surface area contributed by atoms with Crippen LogP contribution in [0.5, 0.6) is 0 Å². The van der Waals surface area contributed by atoms with Crippen LogP contribution in [-0.2, 0) is 19.1 Å². The summed E-state index contributed by atoms with van der Waals surface area (Å²) >= 11 is 0. The highest BCUT2D eigenvalue weighted by Gasteiger charge is 2.47. The van der Waals surface area contributed by atoms with E-state index in [1.165, 1.54) is 0 Å². The molecule has 1 spiro atoms. The zero-order chi connectivity index (χ0) is 22.8. The molecular formula is C23H42N4O4. The number of ether oxygens (including phenoxy) is 2. The Morgan fingerprint density at radius 1 is 1.26 bits per heavy atom. The molecule has 3 aliphatic rings. The van der Waals surface area contributed by atoms with Gasteiger partial charge in [0.1, 0.15) is 0 Å². The molecule has 178 valence electrons. The maximum Gasteiger partial charge on any atom is 0.242 e. The minimum Gasteiger partial charge on any atom is -0.349 e. The van der Waals surface area contributed by atoms with Crippen molar-refractivity contribution in [1.29, 1.82) is 0 Å². The molecule has 8 nitrogen and oxygen atoms in total. The Morgan fingerprint density at radius 2 is 1.94 bits per heavy atom. The Balaban J connectivity index is 1.53. The molecule has 3 fully saturated rings. The number of amides is 2. The molecule has 3 heterocycles. The van der Waals surface area contributed by atoms with E-state index in [-0.39, 0.29) is 35.9 Å². The molecule has 2 atom stereocenters. The first-order chi connectivity index (χ1) is 14.5. The van der Waals surface area contributed by atoms with E-state index in [1.54, 1.807) is 4.90 Å². The smallest absolute Gasteiger partial charge is 0.242 e. The number of carbonyl (C=O) groups is 2. The Hall–Kier alpha value is -1.22. The fourth-order valence-electron chi connectivity index (χ4n) is 5.21. The van der Waals surface area contributed by atoms with Gasteiger partial charge in [-0.1, -0.05) is 20.8 Å². The van der Waals surface area contributed by atoms with Crippen LogP contribution in [0.1, 0.15) is 47.0 Å². The Kier molecular flexibility index (Phi) is 7.66. The highest BCUT2D eigenvalue weighted by molar-refractivity contribution is 5.88. The molecule has 0 saturated carbocycles. The van der Waals surface area contributed by atoms with E-state index in [4.69, 9.17) is 9.47 Å². The number of likely N-dealkylation sites (tertiary alicyclic amines) is 1. The van der Waals surface area contributed by atoms with Crippen molar-refractivity contribution >= 4 is 11.8 Å². The maximum atomic E-state index is 13.1. The summed E-state index contributed by atoms with van der Waals surface area (Å²) < 4.78 is 12.6. The van der Waals surface area contributed by atoms with Crippen molar-refractivity contribution in [3.8, 4) is 0 Å². The number of hydrogen-bond donors (Lipinski definition) is 1. The van der Waals surface area contributed by atoms with E-state index in [0.29, 0.717) is 45.1 Å². The van der Waals surface area contributed by atoms with E-state index in [2.05, 4.69) is 52.0 Å². The molecule has 8 heteroatoms. The van der Waals surface area contributed by atoms with Gasteiger partial charge in [-0.3, -0.25) is 9.59 Å². The van der Waals surface area contributed by atoms with E-state index < -0.39 is 5.79 Å². The number of nitrogens with zero attached hydrogens (tertiary/aromatic N) is 3. The quantitative estimate of drug-likeness (QED) is 0.671. The van der Waals surface area contributed by atoms with Crippen LogP contribution in [0.25, 0.3) is 0 Å². The highest BCUT2D eigenvalue weighted by atomic mass is 16.7. The second-order valence-electron chi connectivity index (χ2n) is 10.8. The second kappa shape index (κ2) is 9.73. The number of nitrogens with one attached hydrogen (secondary N) is 1. The molecule has 0 bridgehead atoms. The molecular weight excluding hydrogens is 396 g/mol. The van der Waals surface area contributed by atoms with Crippen molar-refractivity contribution in [2.75, 3.05) is 60.0 Å². The number of rotatable bonds is 6. The molecule has 0 aromatic heterocycles. The topological polar surface area (TPSA) is 74.3 Å². The second-order valence-corrected chi connectivity index (χ2v) is 10.8. The molecule has 31 heavy (non-hydrogen) atoms. The third-order valence-corrected chi connectivity index (χ3v) is 6.67. The van der Waals surface area contributed by atoms with E-state index >= 15 is 0 Å². The predicted molar refractivity (Wildman–Crippen MR) is 120 cm³/mol. The lowest BCUT2D eigenvalue weighted by molar-refractivity contribution is -0.319. The molecule has 3 saturated heterocycles. The molecule has 2 unspecified atom stereocenters. The lowest BCUT2D eigenvalue weighted by Gasteiger charge is -2.51. The molecule has 0 aromatic carbocycles. The monoisotopic (exact) mass is 438 g/mol. The lowest BCUT2D eigenvalue weighted by Crippen LogP contribution is -2.61. The van der Waals surface area contributed by atoms with E-state index in [9.17, 15) is 9.59 Å². The minimum atomic E-state index is -0.588. The normalized spacial score (nSPS) is 34.8.